The summed E-state index contributed by atoms with van der Waals surface area (Å²) in [6, 6.07) is 0.0231. The lowest BCUT2D eigenvalue weighted by Gasteiger charge is -1.95. The van der Waals surface area contributed by atoms with Crippen molar-refractivity contribution in [1.29, 1.82) is 0 Å². The van der Waals surface area contributed by atoms with Crippen molar-refractivity contribution in [2.75, 3.05) is 6.54 Å². The van der Waals surface area contributed by atoms with Gasteiger partial charge in [-0.3, -0.25) is 5.73 Å². The van der Waals surface area contributed by atoms with Crippen LogP contribution >= 0.6 is 0 Å². The molecule has 1 radical (unpaired) electrons. The van der Waals surface area contributed by atoms with Crippen LogP contribution in [0.25, 0.3) is 0 Å². The Balaban J connectivity index is 2.63. The summed E-state index contributed by atoms with van der Waals surface area (Å²) in [6.07, 6.45) is 0.819. The van der Waals surface area contributed by atoms with E-state index in [1.54, 1.807) is 0 Å². The molecule has 0 aliphatic rings. The highest BCUT2D eigenvalue weighted by atomic mass is 14.6. The summed E-state index contributed by atoms with van der Waals surface area (Å²) < 4.78 is 0. The fourth-order valence-electron chi connectivity index (χ4n) is 0.250. The monoisotopic (exact) mass is 87.1 g/mol. The van der Waals surface area contributed by atoms with E-state index in [0.717, 1.165) is 6.42 Å². The van der Waals surface area contributed by atoms with Crippen LogP contribution in [-0.4, -0.2) is 12.6 Å². The van der Waals surface area contributed by atoms with Gasteiger partial charge in [0, 0.05) is 6.04 Å². The van der Waals surface area contributed by atoms with Crippen molar-refractivity contribution in [2.45, 2.75) is 19.4 Å². The molecule has 37 valence electrons. The molecule has 0 aromatic carbocycles. The van der Waals surface area contributed by atoms with Crippen molar-refractivity contribution in [3.8, 4) is 0 Å². The summed E-state index contributed by atoms with van der Waals surface area (Å²) in [4.78, 5) is 0. The maximum absolute atomic E-state index is 6.90. The summed E-state index contributed by atoms with van der Waals surface area (Å²) in [5, 5.41) is 0. The molecule has 0 aliphatic heterocycles. The van der Waals surface area contributed by atoms with Crippen molar-refractivity contribution in [1.82, 2.24) is 5.73 Å². The Bertz CT molecular complexity index is 26.7. The van der Waals surface area contributed by atoms with Crippen molar-refractivity contribution >= 4 is 0 Å². The van der Waals surface area contributed by atoms with E-state index in [1.165, 1.54) is 0 Å². The van der Waals surface area contributed by atoms with E-state index in [9.17, 15) is 0 Å². The van der Waals surface area contributed by atoms with E-state index in [0.29, 0.717) is 6.54 Å². The van der Waals surface area contributed by atoms with Gasteiger partial charge in [-0.15, -0.1) is 0 Å². The Morgan fingerprint density at radius 3 is 2.33 bits per heavy atom. The SMILES string of the molecule is CC([NH])CCN. The molecule has 0 saturated carbocycles. The van der Waals surface area contributed by atoms with Crippen molar-refractivity contribution in [3.63, 3.8) is 0 Å². The third-order valence-corrected chi connectivity index (χ3v) is 0.600. The zero-order chi connectivity index (χ0) is 4.99. The van der Waals surface area contributed by atoms with Gasteiger partial charge in [0.2, 0.25) is 0 Å². The maximum Gasteiger partial charge on any atom is 0.0196 e. The summed E-state index contributed by atoms with van der Waals surface area (Å²) in [6.45, 7) is 2.48. The van der Waals surface area contributed by atoms with Crippen LogP contribution in [0.4, 0.5) is 0 Å². The standard InChI is InChI=1S/C4H11N2/c1-4(6)2-3-5/h4,6H,2-3,5H2,1H3. The Kier molecular flexibility index (Phi) is 3.08. The molecular formula is C4H11N2. The van der Waals surface area contributed by atoms with Gasteiger partial charge in [0.1, 0.15) is 0 Å². The molecule has 6 heavy (non-hydrogen) atoms. The topological polar surface area (TPSA) is 49.8 Å². The van der Waals surface area contributed by atoms with E-state index in [4.69, 9.17) is 11.5 Å². The molecule has 0 spiro atoms. The first-order chi connectivity index (χ1) is 2.77. The molecule has 1 unspecified atom stereocenters. The zero-order valence-corrected chi connectivity index (χ0v) is 4.07. The molecule has 0 rings (SSSR count). The highest BCUT2D eigenvalue weighted by Gasteiger charge is 1.87. The second kappa shape index (κ2) is 3.12. The third kappa shape index (κ3) is 3.92. The first-order valence-corrected chi connectivity index (χ1v) is 2.18. The van der Waals surface area contributed by atoms with E-state index >= 15 is 0 Å². The highest BCUT2D eigenvalue weighted by molar-refractivity contribution is 4.49. The van der Waals surface area contributed by atoms with Crippen molar-refractivity contribution < 1.29 is 0 Å². The fourth-order valence-corrected chi connectivity index (χ4v) is 0.250. The number of nitrogens with two attached hydrogens (primary N) is 1. The molecular weight excluding hydrogens is 76.1 g/mol. The van der Waals surface area contributed by atoms with Crippen LogP contribution in [0.1, 0.15) is 13.3 Å². The highest BCUT2D eigenvalue weighted by Crippen LogP contribution is 1.80. The van der Waals surface area contributed by atoms with Gasteiger partial charge in [-0.1, -0.05) is 0 Å². The van der Waals surface area contributed by atoms with Crippen LogP contribution in [0.3, 0.4) is 0 Å². The predicted octanol–water partition coefficient (Wildman–Crippen LogP) is 0.00660. The maximum atomic E-state index is 6.90. The molecule has 2 heteroatoms. The van der Waals surface area contributed by atoms with Gasteiger partial charge in [-0.2, -0.15) is 0 Å². The zero-order valence-electron chi connectivity index (χ0n) is 4.07. The first-order valence-electron chi connectivity index (χ1n) is 2.18. The van der Waals surface area contributed by atoms with Gasteiger partial charge in [0.05, 0.1) is 0 Å². The minimum Gasteiger partial charge on any atom is -0.330 e. The fraction of sp³-hybridized carbons (Fsp3) is 1.00. The summed E-state index contributed by atoms with van der Waals surface area (Å²) in [5.41, 5.74) is 12.0. The van der Waals surface area contributed by atoms with Crippen molar-refractivity contribution in [3.05, 3.63) is 0 Å². The van der Waals surface area contributed by atoms with E-state index < -0.39 is 0 Å². The molecule has 0 aromatic heterocycles. The quantitative estimate of drug-likeness (QED) is 0.506. The lowest BCUT2D eigenvalue weighted by atomic mass is 10.3. The van der Waals surface area contributed by atoms with Crippen LogP contribution in [0.5, 0.6) is 0 Å². The largest absolute Gasteiger partial charge is 0.330 e. The molecule has 3 N–H and O–H groups in total. The second-order valence-corrected chi connectivity index (χ2v) is 1.48. The van der Waals surface area contributed by atoms with E-state index in [-0.39, 0.29) is 6.04 Å². The number of nitrogens with one attached hydrogen (secondary N) is 1. The second-order valence-electron chi connectivity index (χ2n) is 1.48. The summed E-state index contributed by atoms with van der Waals surface area (Å²) in [7, 11) is 0. The lowest BCUT2D eigenvalue weighted by molar-refractivity contribution is 0.658. The lowest BCUT2D eigenvalue weighted by Crippen LogP contribution is -2.10. The molecule has 1 atom stereocenters. The Morgan fingerprint density at radius 1 is 1.83 bits per heavy atom. The number of hydrogen-bond acceptors (Lipinski definition) is 1. The van der Waals surface area contributed by atoms with Crippen LogP contribution < -0.4 is 11.5 Å². The molecule has 0 aromatic rings. The minimum atomic E-state index is 0.0231. The molecule has 0 fully saturated rings. The molecule has 0 amide bonds. The van der Waals surface area contributed by atoms with Gasteiger partial charge >= 0.3 is 0 Å². The Hall–Kier alpha value is -0.0800. The first kappa shape index (κ1) is 5.92. The van der Waals surface area contributed by atoms with E-state index in [2.05, 4.69) is 0 Å². The normalized spacial score (nSPS) is 14.5. The van der Waals surface area contributed by atoms with Crippen LogP contribution in [0, 0.1) is 0 Å². The molecule has 0 bridgehead atoms. The van der Waals surface area contributed by atoms with Crippen LogP contribution in [0.2, 0.25) is 0 Å². The number of rotatable bonds is 2. The molecule has 0 aliphatic carbocycles. The number of hydrogen-bond donors (Lipinski definition) is 1. The minimum absolute atomic E-state index is 0.0231. The van der Waals surface area contributed by atoms with Gasteiger partial charge in [0.15, 0.2) is 0 Å². The van der Waals surface area contributed by atoms with Crippen LogP contribution in [-0.2, 0) is 0 Å². The summed E-state index contributed by atoms with van der Waals surface area (Å²) in [5.74, 6) is 0. The average Bonchev–Trinajstić information content (AvgIpc) is 1.35. The predicted molar refractivity (Wildman–Crippen MR) is 26.2 cm³/mol. The average molecular weight is 87.1 g/mol. The van der Waals surface area contributed by atoms with E-state index in [1.807, 2.05) is 6.92 Å². The van der Waals surface area contributed by atoms with Crippen molar-refractivity contribution in [2.24, 2.45) is 5.73 Å². The van der Waals surface area contributed by atoms with Gasteiger partial charge in [0.25, 0.3) is 0 Å². The third-order valence-electron chi connectivity index (χ3n) is 0.600. The molecule has 0 saturated heterocycles. The smallest absolute Gasteiger partial charge is 0.0196 e. The summed E-state index contributed by atoms with van der Waals surface area (Å²) >= 11 is 0. The Labute approximate surface area is 38.5 Å². The molecule has 2 nitrogen and oxygen atoms in total. The molecule has 0 heterocycles. The van der Waals surface area contributed by atoms with Crippen LogP contribution in [0.15, 0.2) is 0 Å². The Morgan fingerprint density at radius 2 is 2.33 bits per heavy atom. The van der Waals surface area contributed by atoms with Gasteiger partial charge < -0.3 is 5.73 Å². The van der Waals surface area contributed by atoms with Gasteiger partial charge in [-0.05, 0) is 19.9 Å². The van der Waals surface area contributed by atoms with Gasteiger partial charge in [-0.25, -0.2) is 0 Å².